The summed E-state index contributed by atoms with van der Waals surface area (Å²) in [5.74, 6) is 1.19. The van der Waals surface area contributed by atoms with E-state index in [1.807, 2.05) is 0 Å². The molecule has 0 unspecified atom stereocenters. The molecule has 37 valence electrons. The van der Waals surface area contributed by atoms with Crippen LogP contribution in [-0.4, -0.2) is 4.33 Å². The second-order valence-corrected chi connectivity index (χ2v) is 3.05. The Morgan fingerprint density at radius 3 is 1.67 bits per heavy atom. The maximum atomic E-state index is 5.30. The molecule has 0 aliphatic rings. The van der Waals surface area contributed by atoms with Crippen LogP contribution in [0.3, 0.4) is 0 Å². The van der Waals surface area contributed by atoms with E-state index in [2.05, 4.69) is 0 Å². The fourth-order valence-electron chi connectivity index (χ4n) is 0. The lowest BCUT2D eigenvalue weighted by Gasteiger charge is -2.03. The summed E-state index contributed by atoms with van der Waals surface area (Å²) in [5.41, 5.74) is 0. The van der Waals surface area contributed by atoms with E-state index in [0.717, 1.165) is 0 Å². The van der Waals surface area contributed by atoms with Crippen molar-refractivity contribution in [2.45, 2.75) is 11.3 Å². The Hall–Kier alpha value is 0.870. The molecule has 0 saturated heterocycles. The van der Waals surface area contributed by atoms with E-state index in [1.54, 1.807) is 6.92 Å². The van der Waals surface area contributed by atoms with E-state index in [0.29, 0.717) is 0 Å². The standard InChI is InChI=1S/C3H4Cl3/c1-3(5,6)2-4/h2H,1H3. The summed E-state index contributed by atoms with van der Waals surface area (Å²) < 4.78 is -0.873. The summed E-state index contributed by atoms with van der Waals surface area (Å²) >= 11 is 15.7. The maximum Gasteiger partial charge on any atom is 0.133 e. The molecule has 0 fully saturated rings. The van der Waals surface area contributed by atoms with E-state index in [1.165, 1.54) is 5.88 Å². The second kappa shape index (κ2) is 2.25. The maximum absolute atomic E-state index is 5.30. The fraction of sp³-hybridized carbons (Fsp3) is 0.667. The summed E-state index contributed by atoms with van der Waals surface area (Å²) in [6, 6.07) is 0. The summed E-state index contributed by atoms with van der Waals surface area (Å²) in [6.07, 6.45) is 0. The van der Waals surface area contributed by atoms with Crippen LogP contribution in [0.5, 0.6) is 0 Å². The predicted molar refractivity (Wildman–Crippen MR) is 30.3 cm³/mol. The Balaban J connectivity index is 3.17. The molecule has 1 radical (unpaired) electrons. The number of halogens is 3. The van der Waals surface area contributed by atoms with E-state index in [4.69, 9.17) is 34.8 Å². The van der Waals surface area contributed by atoms with Gasteiger partial charge < -0.3 is 0 Å². The second-order valence-electron chi connectivity index (χ2n) is 1.07. The zero-order chi connectivity index (χ0) is 5.21. The van der Waals surface area contributed by atoms with Gasteiger partial charge >= 0.3 is 0 Å². The van der Waals surface area contributed by atoms with E-state index in [9.17, 15) is 0 Å². The van der Waals surface area contributed by atoms with Crippen molar-refractivity contribution in [3.8, 4) is 0 Å². The molecule has 0 nitrogen and oxygen atoms in total. The van der Waals surface area contributed by atoms with Gasteiger partial charge in [0.2, 0.25) is 0 Å². The first-order chi connectivity index (χ1) is 2.56. The zero-order valence-corrected chi connectivity index (χ0v) is 5.48. The first-order valence-corrected chi connectivity index (χ1v) is 2.58. The van der Waals surface area contributed by atoms with Crippen molar-refractivity contribution in [3.63, 3.8) is 0 Å². The third kappa shape index (κ3) is 4.87. The average Bonchev–Trinajstić information content (AvgIpc) is 1.35. The number of rotatable bonds is 1. The Labute approximate surface area is 52.4 Å². The van der Waals surface area contributed by atoms with Crippen molar-refractivity contribution in [2.24, 2.45) is 0 Å². The molecule has 0 aliphatic carbocycles. The monoisotopic (exact) mass is 145 g/mol. The largest absolute Gasteiger partial charge is 0.133 e. The SMILES string of the molecule is CC(Cl)(Cl)[CH]Cl. The molecule has 0 N–H and O–H groups in total. The predicted octanol–water partition coefficient (Wildman–Crippen LogP) is 2.58. The topological polar surface area (TPSA) is 0 Å². The molecule has 0 rings (SSSR count). The van der Waals surface area contributed by atoms with Crippen molar-refractivity contribution in [1.82, 2.24) is 0 Å². The van der Waals surface area contributed by atoms with Gasteiger partial charge in [0.25, 0.3) is 0 Å². The molecule has 6 heavy (non-hydrogen) atoms. The molecule has 0 atom stereocenters. The Kier molecular flexibility index (Phi) is 2.57. The molecule has 0 amide bonds. The van der Waals surface area contributed by atoms with Crippen molar-refractivity contribution in [2.75, 3.05) is 0 Å². The summed E-state index contributed by atoms with van der Waals surface area (Å²) in [6.45, 7) is 1.59. The van der Waals surface area contributed by atoms with Crippen LogP contribution in [-0.2, 0) is 0 Å². The average molecular weight is 146 g/mol. The van der Waals surface area contributed by atoms with Gasteiger partial charge in [-0.3, -0.25) is 0 Å². The lowest BCUT2D eigenvalue weighted by atomic mass is 10.5. The van der Waals surface area contributed by atoms with Gasteiger partial charge in [0.1, 0.15) is 4.33 Å². The van der Waals surface area contributed by atoms with Crippen LogP contribution in [0.4, 0.5) is 0 Å². The molecule has 0 heterocycles. The molecule has 0 spiro atoms. The van der Waals surface area contributed by atoms with Gasteiger partial charge in [0, 0.05) is 0 Å². The molecule has 0 aromatic carbocycles. The van der Waals surface area contributed by atoms with Crippen molar-refractivity contribution in [3.05, 3.63) is 5.88 Å². The fourth-order valence-corrected chi connectivity index (χ4v) is 0. The minimum atomic E-state index is -0.873. The van der Waals surface area contributed by atoms with Gasteiger partial charge in [-0.25, -0.2) is 0 Å². The van der Waals surface area contributed by atoms with Crippen molar-refractivity contribution in [1.29, 1.82) is 0 Å². The summed E-state index contributed by atoms with van der Waals surface area (Å²) in [5, 5.41) is 0. The van der Waals surface area contributed by atoms with Gasteiger partial charge in [0.05, 0.1) is 5.88 Å². The molecule has 0 saturated carbocycles. The van der Waals surface area contributed by atoms with Gasteiger partial charge in [-0.05, 0) is 6.92 Å². The number of hydrogen-bond donors (Lipinski definition) is 0. The van der Waals surface area contributed by atoms with Crippen LogP contribution in [0, 0.1) is 5.88 Å². The molecular formula is C3H4Cl3. The van der Waals surface area contributed by atoms with Crippen LogP contribution >= 0.6 is 34.8 Å². The highest BCUT2D eigenvalue weighted by Gasteiger charge is 2.13. The molecule has 0 aromatic rings. The van der Waals surface area contributed by atoms with Gasteiger partial charge in [-0.15, -0.1) is 34.8 Å². The summed E-state index contributed by atoms with van der Waals surface area (Å²) in [7, 11) is 0. The van der Waals surface area contributed by atoms with E-state index in [-0.39, 0.29) is 0 Å². The minimum Gasteiger partial charge on any atom is -0.118 e. The van der Waals surface area contributed by atoms with Crippen molar-refractivity contribution < 1.29 is 0 Å². The lowest BCUT2D eigenvalue weighted by Crippen LogP contribution is -2.00. The van der Waals surface area contributed by atoms with Crippen LogP contribution in [0.1, 0.15) is 6.92 Å². The van der Waals surface area contributed by atoms with Crippen LogP contribution in [0.2, 0.25) is 0 Å². The molecular weight excluding hydrogens is 142 g/mol. The summed E-state index contributed by atoms with van der Waals surface area (Å²) in [4.78, 5) is 0. The van der Waals surface area contributed by atoms with Crippen LogP contribution in [0.25, 0.3) is 0 Å². The third-order valence-corrected chi connectivity index (χ3v) is 1.07. The Morgan fingerprint density at radius 2 is 1.67 bits per heavy atom. The van der Waals surface area contributed by atoms with Gasteiger partial charge in [-0.1, -0.05) is 0 Å². The highest BCUT2D eigenvalue weighted by Crippen LogP contribution is 2.24. The van der Waals surface area contributed by atoms with Gasteiger partial charge in [-0.2, -0.15) is 0 Å². The van der Waals surface area contributed by atoms with Gasteiger partial charge in [0.15, 0.2) is 0 Å². The van der Waals surface area contributed by atoms with E-state index >= 15 is 0 Å². The molecule has 0 aliphatic heterocycles. The quantitative estimate of drug-likeness (QED) is 0.499. The minimum absolute atomic E-state index is 0.873. The molecule has 3 heteroatoms. The first-order valence-electron chi connectivity index (χ1n) is 1.38. The number of hydrogen-bond acceptors (Lipinski definition) is 0. The van der Waals surface area contributed by atoms with Crippen LogP contribution in [0.15, 0.2) is 0 Å². The highest BCUT2D eigenvalue weighted by atomic mass is 35.5. The highest BCUT2D eigenvalue weighted by molar-refractivity contribution is 6.53. The molecule has 0 bridgehead atoms. The zero-order valence-electron chi connectivity index (χ0n) is 3.21. The van der Waals surface area contributed by atoms with Crippen LogP contribution < -0.4 is 0 Å². The third-order valence-electron chi connectivity index (χ3n) is 0.192. The smallest absolute Gasteiger partial charge is 0.118 e. The Morgan fingerprint density at radius 1 is 1.50 bits per heavy atom. The Bertz CT molecular complexity index is 35.8. The normalized spacial score (nSPS) is 12.0. The number of alkyl halides is 2. The van der Waals surface area contributed by atoms with E-state index < -0.39 is 4.33 Å². The lowest BCUT2D eigenvalue weighted by molar-refractivity contribution is 1.09. The first kappa shape index (κ1) is 6.87. The molecule has 0 aromatic heterocycles. The van der Waals surface area contributed by atoms with Crippen molar-refractivity contribution >= 4 is 34.8 Å².